The maximum Gasteiger partial charge on any atom is 0.264 e. The summed E-state index contributed by atoms with van der Waals surface area (Å²) in [5.41, 5.74) is 0.376. The molecule has 76 valence electrons. The number of hydrogen-bond donors (Lipinski definition) is 0. The standard InChI is InChI=1S/C9H6BrF2IO/c1-4(14)5-2-3-6(9(11)12)7(10)8(5)13/h2-3,9H,1H3. The van der Waals surface area contributed by atoms with Crippen molar-refractivity contribution in [2.24, 2.45) is 0 Å². The highest BCUT2D eigenvalue weighted by atomic mass is 127. The van der Waals surface area contributed by atoms with E-state index >= 15 is 0 Å². The fraction of sp³-hybridized carbons (Fsp3) is 0.222. The van der Waals surface area contributed by atoms with Gasteiger partial charge in [0, 0.05) is 19.2 Å². The van der Waals surface area contributed by atoms with Gasteiger partial charge in [-0.3, -0.25) is 4.79 Å². The molecule has 5 heteroatoms. The Morgan fingerprint density at radius 2 is 2.07 bits per heavy atom. The zero-order valence-corrected chi connectivity index (χ0v) is 10.9. The van der Waals surface area contributed by atoms with Gasteiger partial charge in [0.25, 0.3) is 6.43 Å². The van der Waals surface area contributed by atoms with E-state index < -0.39 is 6.43 Å². The third-order valence-corrected chi connectivity index (χ3v) is 4.44. The van der Waals surface area contributed by atoms with Crippen LogP contribution in [0.3, 0.4) is 0 Å². The van der Waals surface area contributed by atoms with E-state index in [9.17, 15) is 13.6 Å². The predicted octanol–water partition coefficient (Wildman–Crippen LogP) is 4.19. The normalized spacial score (nSPS) is 10.7. The van der Waals surface area contributed by atoms with E-state index in [-0.39, 0.29) is 11.3 Å². The van der Waals surface area contributed by atoms with Crippen LogP contribution in [0.15, 0.2) is 16.6 Å². The molecule has 0 spiro atoms. The summed E-state index contributed by atoms with van der Waals surface area (Å²) in [5, 5.41) is 0. The van der Waals surface area contributed by atoms with Crippen molar-refractivity contribution in [3.8, 4) is 0 Å². The number of Topliss-reactive ketones (excluding diaryl/α,β-unsaturated/α-hetero) is 1. The first kappa shape index (κ1) is 12.0. The molecule has 1 nitrogen and oxygen atoms in total. The summed E-state index contributed by atoms with van der Waals surface area (Å²) in [5.74, 6) is -0.129. The minimum absolute atomic E-state index is 0.0839. The van der Waals surface area contributed by atoms with Gasteiger partial charge >= 0.3 is 0 Å². The number of carbonyl (C=O) groups is 1. The zero-order chi connectivity index (χ0) is 10.9. The lowest BCUT2D eigenvalue weighted by Gasteiger charge is -2.08. The smallest absolute Gasteiger partial charge is 0.264 e. The summed E-state index contributed by atoms with van der Waals surface area (Å²) in [6.07, 6.45) is -2.53. The van der Waals surface area contributed by atoms with Crippen LogP contribution in [0, 0.1) is 3.57 Å². The highest BCUT2D eigenvalue weighted by Crippen LogP contribution is 2.33. The maximum atomic E-state index is 12.4. The maximum absolute atomic E-state index is 12.4. The van der Waals surface area contributed by atoms with E-state index in [1.54, 1.807) is 0 Å². The quantitative estimate of drug-likeness (QED) is 0.560. The van der Waals surface area contributed by atoms with Gasteiger partial charge in [-0.05, 0) is 51.5 Å². The molecule has 0 unspecified atom stereocenters. The Kier molecular flexibility index (Phi) is 4.00. The van der Waals surface area contributed by atoms with Gasteiger partial charge in [0.05, 0.1) is 0 Å². The SMILES string of the molecule is CC(=O)c1ccc(C(F)F)c(Br)c1I. The van der Waals surface area contributed by atoms with Gasteiger partial charge in [0.1, 0.15) is 0 Å². The molecule has 0 amide bonds. The monoisotopic (exact) mass is 374 g/mol. The number of alkyl halides is 2. The summed E-state index contributed by atoms with van der Waals surface area (Å²) in [4.78, 5) is 11.1. The summed E-state index contributed by atoms with van der Waals surface area (Å²) in [6, 6.07) is 2.70. The molecule has 14 heavy (non-hydrogen) atoms. The third kappa shape index (κ3) is 2.31. The Morgan fingerprint density at radius 3 is 2.50 bits per heavy atom. The Balaban J connectivity index is 3.33. The first-order valence-electron chi connectivity index (χ1n) is 3.72. The van der Waals surface area contributed by atoms with E-state index in [1.165, 1.54) is 19.1 Å². The lowest BCUT2D eigenvalue weighted by Crippen LogP contribution is -1.99. The Hall–Kier alpha value is -0.0400. The molecule has 0 aliphatic rings. The van der Waals surface area contributed by atoms with Crippen LogP contribution in [0.1, 0.15) is 29.3 Å². The van der Waals surface area contributed by atoms with Crippen LogP contribution in [-0.2, 0) is 0 Å². The van der Waals surface area contributed by atoms with E-state index in [2.05, 4.69) is 15.9 Å². The molecule has 0 saturated heterocycles. The molecule has 0 aromatic heterocycles. The minimum Gasteiger partial charge on any atom is -0.294 e. The molecular weight excluding hydrogens is 369 g/mol. The fourth-order valence-electron chi connectivity index (χ4n) is 1.00. The summed E-state index contributed by atoms with van der Waals surface area (Å²) in [7, 11) is 0. The predicted molar refractivity (Wildman–Crippen MR) is 61.8 cm³/mol. The second-order valence-electron chi connectivity index (χ2n) is 2.69. The van der Waals surface area contributed by atoms with Crippen LogP contribution in [0.25, 0.3) is 0 Å². The average molecular weight is 375 g/mol. The number of benzene rings is 1. The van der Waals surface area contributed by atoms with Crippen LogP contribution >= 0.6 is 38.5 Å². The van der Waals surface area contributed by atoms with Crippen molar-refractivity contribution in [1.82, 2.24) is 0 Å². The van der Waals surface area contributed by atoms with Crippen molar-refractivity contribution in [2.45, 2.75) is 13.3 Å². The average Bonchev–Trinajstić information content (AvgIpc) is 2.08. The molecular formula is C9H6BrF2IO. The van der Waals surface area contributed by atoms with Crippen molar-refractivity contribution in [3.63, 3.8) is 0 Å². The Bertz CT molecular complexity index is 379. The van der Waals surface area contributed by atoms with Crippen LogP contribution in [0.2, 0.25) is 0 Å². The highest BCUT2D eigenvalue weighted by molar-refractivity contribution is 14.1. The van der Waals surface area contributed by atoms with Crippen LogP contribution in [0.4, 0.5) is 8.78 Å². The summed E-state index contributed by atoms with van der Waals surface area (Å²) >= 11 is 4.94. The molecule has 0 aliphatic heterocycles. The Morgan fingerprint density at radius 1 is 1.50 bits per heavy atom. The number of ketones is 1. The molecule has 1 aromatic carbocycles. The first-order valence-corrected chi connectivity index (χ1v) is 5.59. The van der Waals surface area contributed by atoms with Crippen molar-refractivity contribution >= 4 is 44.3 Å². The van der Waals surface area contributed by atoms with Crippen molar-refractivity contribution in [1.29, 1.82) is 0 Å². The summed E-state index contributed by atoms with van der Waals surface area (Å²) in [6.45, 7) is 1.41. The molecule has 1 aromatic rings. The number of hydrogen-bond acceptors (Lipinski definition) is 1. The van der Waals surface area contributed by atoms with E-state index in [1.807, 2.05) is 22.6 Å². The third-order valence-electron chi connectivity index (χ3n) is 1.73. The molecule has 0 atom stereocenters. The number of halogens is 4. The topological polar surface area (TPSA) is 17.1 Å². The first-order chi connectivity index (χ1) is 6.45. The fourth-order valence-corrected chi connectivity index (χ4v) is 2.39. The van der Waals surface area contributed by atoms with Gasteiger partial charge in [0.15, 0.2) is 5.78 Å². The lowest BCUT2D eigenvalue weighted by atomic mass is 10.1. The molecule has 0 fully saturated rings. The summed E-state index contributed by atoms with van der Waals surface area (Å²) < 4.78 is 25.7. The molecule has 1 rings (SSSR count). The number of carbonyl (C=O) groups excluding carboxylic acids is 1. The van der Waals surface area contributed by atoms with Gasteiger partial charge in [0.2, 0.25) is 0 Å². The molecule has 0 aliphatic carbocycles. The van der Waals surface area contributed by atoms with Gasteiger partial charge < -0.3 is 0 Å². The second kappa shape index (κ2) is 4.65. The van der Waals surface area contributed by atoms with Crippen molar-refractivity contribution in [3.05, 3.63) is 31.3 Å². The molecule has 0 radical (unpaired) electrons. The van der Waals surface area contributed by atoms with Gasteiger partial charge in [-0.15, -0.1) is 0 Å². The van der Waals surface area contributed by atoms with E-state index in [0.29, 0.717) is 13.6 Å². The molecule has 0 bridgehead atoms. The van der Waals surface area contributed by atoms with Crippen LogP contribution < -0.4 is 0 Å². The van der Waals surface area contributed by atoms with Crippen molar-refractivity contribution in [2.75, 3.05) is 0 Å². The molecule has 0 heterocycles. The second-order valence-corrected chi connectivity index (χ2v) is 4.56. The van der Waals surface area contributed by atoms with Crippen LogP contribution in [-0.4, -0.2) is 5.78 Å². The van der Waals surface area contributed by atoms with Gasteiger partial charge in [-0.1, -0.05) is 6.07 Å². The van der Waals surface area contributed by atoms with Gasteiger partial charge in [-0.2, -0.15) is 0 Å². The number of rotatable bonds is 2. The minimum atomic E-state index is -2.53. The lowest BCUT2D eigenvalue weighted by molar-refractivity contribution is 0.101. The Labute approximate surface area is 102 Å². The van der Waals surface area contributed by atoms with E-state index in [0.717, 1.165) is 0 Å². The molecule has 0 saturated carbocycles. The van der Waals surface area contributed by atoms with Gasteiger partial charge in [-0.25, -0.2) is 8.78 Å². The van der Waals surface area contributed by atoms with Crippen LogP contribution in [0.5, 0.6) is 0 Å². The zero-order valence-electron chi connectivity index (χ0n) is 7.15. The molecule has 0 N–H and O–H groups in total. The largest absolute Gasteiger partial charge is 0.294 e. The van der Waals surface area contributed by atoms with Crippen molar-refractivity contribution < 1.29 is 13.6 Å². The highest BCUT2D eigenvalue weighted by Gasteiger charge is 2.17. The van der Waals surface area contributed by atoms with E-state index in [4.69, 9.17) is 0 Å².